The minimum atomic E-state index is -0.682. The largest absolute Gasteiger partial charge is 0.457 e. The van der Waals surface area contributed by atoms with Crippen LogP contribution in [0, 0.1) is 0 Å². The Morgan fingerprint density at radius 2 is 1.64 bits per heavy atom. The van der Waals surface area contributed by atoms with Crippen LogP contribution in [0.25, 0.3) is 22.1 Å². The second kappa shape index (κ2) is 6.13. The van der Waals surface area contributed by atoms with Gasteiger partial charge < -0.3 is 13.6 Å². The van der Waals surface area contributed by atoms with E-state index < -0.39 is 11.6 Å². The van der Waals surface area contributed by atoms with Gasteiger partial charge >= 0.3 is 11.6 Å². The molecule has 4 aromatic rings. The van der Waals surface area contributed by atoms with Gasteiger partial charge in [0.1, 0.15) is 11.1 Å². The molecule has 0 radical (unpaired) electrons. The lowest BCUT2D eigenvalue weighted by molar-refractivity contribution is 0.0704. The molecule has 0 saturated carbocycles. The first kappa shape index (κ1) is 15.0. The molecule has 0 atom stereocenters. The molecule has 5 nitrogen and oxygen atoms in total. The van der Waals surface area contributed by atoms with Crippen LogP contribution >= 0.6 is 0 Å². The number of ether oxygens (including phenoxy) is 1. The summed E-state index contributed by atoms with van der Waals surface area (Å²) >= 11 is 0. The van der Waals surface area contributed by atoms with Crippen LogP contribution in [-0.4, -0.2) is 5.97 Å². The number of rotatable bonds is 3. The zero-order valence-corrected chi connectivity index (χ0v) is 13.0. The van der Waals surface area contributed by atoms with Crippen LogP contribution in [0.3, 0.4) is 0 Å². The van der Waals surface area contributed by atoms with E-state index in [2.05, 4.69) is 0 Å². The predicted octanol–water partition coefficient (Wildman–Crippen LogP) is 4.27. The third-order valence-electron chi connectivity index (χ3n) is 3.75. The second-order valence-corrected chi connectivity index (χ2v) is 5.32. The summed E-state index contributed by atoms with van der Waals surface area (Å²) in [7, 11) is 0. The van der Waals surface area contributed by atoms with Crippen molar-refractivity contribution in [2.45, 2.75) is 0 Å². The summed E-state index contributed by atoms with van der Waals surface area (Å²) in [6.07, 6.45) is 1.38. The van der Waals surface area contributed by atoms with Crippen LogP contribution in [0.1, 0.15) is 10.6 Å². The first-order valence-electron chi connectivity index (χ1n) is 7.61. The molecule has 122 valence electrons. The van der Waals surface area contributed by atoms with Gasteiger partial charge in [0, 0.05) is 0 Å². The van der Waals surface area contributed by atoms with E-state index in [1.54, 1.807) is 54.6 Å². The highest BCUT2D eigenvalue weighted by molar-refractivity contribution is 5.96. The third kappa shape index (κ3) is 2.72. The lowest BCUT2D eigenvalue weighted by Crippen LogP contribution is -2.13. The number of furan rings is 1. The summed E-state index contributed by atoms with van der Waals surface area (Å²) in [6.45, 7) is 0. The Hall–Kier alpha value is -3.60. The van der Waals surface area contributed by atoms with E-state index in [9.17, 15) is 9.59 Å². The van der Waals surface area contributed by atoms with E-state index in [0.717, 1.165) is 0 Å². The summed E-state index contributed by atoms with van der Waals surface area (Å²) in [5, 5.41) is 0.529. The lowest BCUT2D eigenvalue weighted by Gasteiger charge is -2.11. The number of benzene rings is 2. The van der Waals surface area contributed by atoms with Crippen molar-refractivity contribution < 1.29 is 18.4 Å². The van der Waals surface area contributed by atoms with Crippen molar-refractivity contribution in [2.24, 2.45) is 0 Å². The molecule has 0 aliphatic carbocycles. The molecule has 0 N–H and O–H groups in total. The van der Waals surface area contributed by atoms with Gasteiger partial charge in [-0.15, -0.1) is 0 Å². The van der Waals surface area contributed by atoms with Crippen molar-refractivity contribution >= 4 is 16.9 Å². The number of hydrogen-bond acceptors (Lipinski definition) is 5. The molecular formula is C20H12O5. The van der Waals surface area contributed by atoms with Gasteiger partial charge in [0.05, 0.1) is 11.6 Å². The average molecular weight is 332 g/mol. The number of hydrogen-bond donors (Lipinski definition) is 0. The van der Waals surface area contributed by atoms with E-state index >= 15 is 0 Å². The van der Waals surface area contributed by atoms with Gasteiger partial charge in [-0.3, -0.25) is 0 Å². The summed E-state index contributed by atoms with van der Waals surface area (Å²) in [5.41, 5.74) is 0.560. The molecule has 0 aliphatic heterocycles. The summed E-state index contributed by atoms with van der Waals surface area (Å²) in [6, 6.07) is 18.9. The van der Waals surface area contributed by atoms with Crippen LogP contribution in [0.15, 0.2) is 86.6 Å². The van der Waals surface area contributed by atoms with Crippen molar-refractivity contribution in [1.82, 2.24) is 0 Å². The fraction of sp³-hybridized carbons (Fsp3) is 0. The van der Waals surface area contributed by atoms with Gasteiger partial charge in [-0.1, -0.05) is 42.5 Å². The van der Waals surface area contributed by atoms with Crippen molar-refractivity contribution in [3.05, 3.63) is 89.2 Å². The van der Waals surface area contributed by atoms with Gasteiger partial charge in [-0.05, 0) is 29.8 Å². The minimum Gasteiger partial charge on any atom is -0.457 e. The van der Waals surface area contributed by atoms with E-state index in [4.69, 9.17) is 13.6 Å². The fourth-order valence-electron chi connectivity index (χ4n) is 2.62. The summed E-state index contributed by atoms with van der Waals surface area (Å²) in [5.74, 6) is -0.478. The van der Waals surface area contributed by atoms with Gasteiger partial charge in [0.15, 0.2) is 5.75 Å². The second-order valence-electron chi connectivity index (χ2n) is 5.32. The zero-order chi connectivity index (χ0) is 17.2. The monoisotopic (exact) mass is 332 g/mol. The standard InChI is InChI=1S/C20H12O5/c21-19(16-11-6-12-23-16)25-18-14-9-4-5-10-15(14)24-20(22)17(18)13-7-2-1-3-8-13/h1-12H. The van der Waals surface area contributed by atoms with E-state index in [1.807, 2.05) is 6.07 Å². The molecule has 0 bridgehead atoms. The normalized spacial score (nSPS) is 10.7. The van der Waals surface area contributed by atoms with Crippen LogP contribution in [0.4, 0.5) is 0 Å². The van der Waals surface area contributed by atoms with Crippen LogP contribution in [0.2, 0.25) is 0 Å². The molecular weight excluding hydrogens is 320 g/mol. The minimum absolute atomic E-state index is 0.0522. The predicted molar refractivity (Wildman–Crippen MR) is 91.6 cm³/mol. The Morgan fingerprint density at radius 3 is 2.40 bits per heavy atom. The van der Waals surface area contributed by atoms with Gasteiger partial charge in [-0.2, -0.15) is 0 Å². The molecule has 5 heteroatoms. The molecule has 0 spiro atoms. The molecule has 4 rings (SSSR count). The Bertz CT molecular complexity index is 1090. The average Bonchev–Trinajstić information content (AvgIpc) is 3.17. The number of carbonyl (C=O) groups excluding carboxylic acids is 1. The van der Waals surface area contributed by atoms with Crippen molar-refractivity contribution in [1.29, 1.82) is 0 Å². The molecule has 2 aromatic heterocycles. The fourth-order valence-corrected chi connectivity index (χ4v) is 2.62. The maximum Gasteiger partial charge on any atom is 0.379 e. The SMILES string of the molecule is O=C(Oc1c(-c2ccccc2)c(=O)oc2ccccc12)c1ccco1. The molecule has 2 aromatic carbocycles. The Morgan fingerprint density at radius 1 is 0.880 bits per heavy atom. The van der Waals surface area contributed by atoms with Crippen molar-refractivity contribution in [3.63, 3.8) is 0 Å². The number of esters is 1. The maximum atomic E-state index is 12.5. The van der Waals surface area contributed by atoms with Crippen LogP contribution in [-0.2, 0) is 0 Å². The molecule has 25 heavy (non-hydrogen) atoms. The molecule has 0 aliphatic rings. The third-order valence-corrected chi connectivity index (χ3v) is 3.75. The highest BCUT2D eigenvalue weighted by Gasteiger charge is 2.21. The number of carbonyl (C=O) groups is 1. The highest BCUT2D eigenvalue weighted by atomic mass is 16.5. The molecule has 0 unspecified atom stereocenters. The van der Waals surface area contributed by atoms with Crippen LogP contribution < -0.4 is 10.4 Å². The maximum absolute atomic E-state index is 12.5. The molecule has 0 amide bonds. The topological polar surface area (TPSA) is 69.7 Å². The first-order chi connectivity index (χ1) is 12.2. The Kier molecular flexibility index (Phi) is 3.67. The Balaban J connectivity index is 1.96. The van der Waals surface area contributed by atoms with E-state index in [0.29, 0.717) is 16.5 Å². The smallest absolute Gasteiger partial charge is 0.379 e. The molecule has 2 heterocycles. The van der Waals surface area contributed by atoms with Crippen LogP contribution in [0.5, 0.6) is 5.75 Å². The highest BCUT2D eigenvalue weighted by Crippen LogP contribution is 2.34. The van der Waals surface area contributed by atoms with E-state index in [-0.39, 0.29) is 17.1 Å². The van der Waals surface area contributed by atoms with Gasteiger partial charge in [0.2, 0.25) is 5.76 Å². The van der Waals surface area contributed by atoms with Crippen molar-refractivity contribution in [3.8, 4) is 16.9 Å². The Labute approximate surface area is 142 Å². The zero-order valence-electron chi connectivity index (χ0n) is 13.0. The lowest BCUT2D eigenvalue weighted by atomic mass is 10.0. The summed E-state index contributed by atoms with van der Waals surface area (Å²) in [4.78, 5) is 24.9. The quantitative estimate of drug-likeness (QED) is 0.414. The molecule has 0 saturated heterocycles. The number of para-hydroxylation sites is 1. The van der Waals surface area contributed by atoms with E-state index in [1.165, 1.54) is 12.3 Å². The van der Waals surface area contributed by atoms with Crippen molar-refractivity contribution in [2.75, 3.05) is 0 Å². The number of fused-ring (bicyclic) bond motifs is 1. The molecule has 0 fully saturated rings. The van der Waals surface area contributed by atoms with Gasteiger partial charge in [0.25, 0.3) is 0 Å². The van der Waals surface area contributed by atoms with Gasteiger partial charge in [-0.25, -0.2) is 9.59 Å². The summed E-state index contributed by atoms with van der Waals surface area (Å²) < 4.78 is 16.0. The first-order valence-corrected chi connectivity index (χ1v) is 7.61.